The number of methoxy groups -OCH3 is 1. The number of aryl methyl sites for hydroxylation is 2. The van der Waals surface area contributed by atoms with Crippen LogP contribution < -0.4 is 10.1 Å². The average Bonchev–Trinajstić information content (AvgIpc) is 2.70. The molecule has 1 N–H and O–H groups in total. The van der Waals surface area contributed by atoms with Gasteiger partial charge in [0, 0.05) is 25.2 Å². The van der Waals surface area contributed by atoms with Gasteiger partial charge in [0.2, 0.25) is 0 Å². The van der Waals surface area contributed by atoms with Crippen molar-refractivity contribution in [3.63, 3.8) is 0 Å². The second kappa shape index (κ2) is 6.29. The molecule has 1 aromatic heterocycles. The predicted octanol–water partition coefficient (Wildman–Crippen LogP) is 3.24. The number of benzene rings is 1. The third kappa shape index (κ3) is 3.14. The zero-order chi connectivity index (χ0) is 14.7. The first-order valence-electron chi connectivity index (χ1n) is 6.58. The lowest BCUT2D eigenvalue weighted by atomic mass is 10.1. The van der Waals surface area contributed by atoms with Crippen LogP contribution in [-0.4, -0.2) is 16.9 Å². The van der Waals surface area contributed by atoms with Crippen LogP contribution in [0.1, 0.15) is 29.8 Å². The molecule has 2 rings (SSSR count). The van der Waals surface area contributed by atoms with Gasteiger partial charge in [0.05, 0.1) is 12.8 Å². The maximum absolute atomic E-state index is 6.23. The topological polar surface area (TPSA) is 39.1 Å². The van der Waals surface area contributed by atoms with Gasteiger partial charge >= 0.3 is 0 Å². The highest BCUT2D eigenvalue weighted by molar-refractivity contribution is 6.30. The molecule has 108 valence electrons. The Morgan fingerprint density at radius 2 is 2.00 bits per heavy atom. The summed E-state index contributed by atoms with van der Waals surface area (Å²) in [5.41, 5.74) is 3.23. The Hall–Kier alpha value is -1.52. The van der Waals surface area contributed by atoms with Crippen molar-refractivity contribution >= 4 is 11.6 Å². The van der Waals surface area contributed by atoms with E-state index in [1.807, 2.05) is 26.1 Å². The number of ether oxygens (including phenoxy) is 1. The lowest BCUT2D eigenvalue weighted by molar-refractivity contribution is 0.414. The van der Waals surface area contributed by atoms with Gasteiger partial charge in [-0.3, -0.25) is 4.68 Å². The van der Waals surface area contributed by atoms with Crippen LogP contribution in [-0.2, 0) is 13.6 Å². The molecule has 0 fully saturated rings. The molecule has 0 spiro atoms. The van der Waals surface area contributed by atoms with Gasteiger partial charge in [-0.15, -0.1) is 0 Å². The van der Waals surface area contributed by atoms with E-state index in [-0.39, 0.29) is 6.04 Å². The molecule has 2 aromatic rings. The molecule has 0 saturated carbocycles. The predicted molar refractivity (Wildman–Crippen MR) is 81.2 cm³/mol. The number of nitrogens with zero attached hydrogens (tertiary/aromatic N) is 2. The Bertz CT molecular complexity index is 578. The Morgan fingerprint density at radius 3 is 2.50 bits per heavy atom. The van der Waals surface area contributed by atoms with E-state index in [9.17, 15) is 0 Å². The monoisotopic (exact) mass is 293 g/mol. The minimum absolute atomic E-state index is 0.233. The first-order valence-corrected chi connectivity index (χ1v) is 6.96. The molecule has 0 aliphatic rings. The van der Waals surface area contributed by atoms with E-state index >= 15 is 0 Å². The first kappa shape index (κ1) is 14.9. The minimum atomic E-state index is 0.233. The highest BCUT2D eigenvalue weighted by Crippen LogP contribution is 2.21. The van der Waals surface area contributed by atoms with Crippen molar-refractivity contribution in [2.45, 2.75) is 26.4 Å². The molecule has 1 heterocycles. The molecule has 0 aliphatic heterocycles. The van der Waals surface area contributed by atoms with Crippen LogP contribution in [0.3, 0.4) is 0 Å². The van der Waals surface area contributed by atoms with Crippen molar-refractivity contribution in [2.24, 2.45) is 7.05 Å². The number of halogens is 1. The van der Waals surface area contributed by atoms with Crippen molar-refractivity contribution < 1.29 is 4.74 Å². The normalized spacial score (nSPS) is 12.4. The summed E-state index contributed by atoms with van der Waals surface area (Å²) in [7, 11) is 3.52. The third-order valence-electron chi connectivity index (χ3n) is 3.47. The molecule has 5 heteroatoms. The molecule has 0 unspecified atom stereocenters. The number of aromatic nitrogens is 2. The molecule has 0 bridgehead atoms. The molecule has 1 atom stereocenters. The van der Waals surface area contributed by atoms with Crippen LogP contribution in [0.15, 0.2) is 24.3 Å². The highest BCUT2D eigenvalue weighted by Gasteiger charge is 2.12. The largest absolute Gasteiger partial charge is 0.497 e. The Kier molecular flexibility index (Phi) is 4.68. The minimum Gasteiger partial charge on any atom is -0.497 e. The zero-order valence-corrected chi connectivity index (χ0v) is 13.0. The van der Waals surface area contributed by atoms with Gasteiger partial charge < -0.3 is 10.1 Å². The SMILES string of the molecule is COc1ccc([C@@H](C)NCc2c(C)nn(C)c2Cl)cc1. The van der Waals surface area contributed by atoms with Crippen LogP contribution in [0.4, 0.5) is 0 Å². The smallest absolute Gasteiger partial charge is 0.131 e. The maximum atomic E-state index is 6.23. The van der Waals surface area contributed by atoms with E-state index in [0.29, 0.717) is 11.7 Å². The molecule has 0 aliphatic carbocycles. The molecule has 0 radical (unpaired) electrons. The average molecular weight is 294 g/mol. The summed E-state index contributed by atoms with van der Waals surface area (Å²) in [6.07, 6.45) is 0. The number of hydrogen-bond acceptors (Lipinski definition) is 3. The third-order valence-corrected chi connectivity index (χ3v) is 3.94. The summed E-state index contributed by atoms with van der Waals surface area (Å²) in [6.45, 7) is 4.80. The van der Waals surface area contributed by atoms with Crippen LogP contribution in [0.25, 0.3) is 0 Å². The van der Waals surface area contributed by atoms with Crippen LogP contribution in [0.2, 0.25) is 5.15 Å². The molecule has 0 saturated heterocycles. The molecular weight excluding hydrogens is 274 g/mol. The van der Waals surface area contributed by atoms with Gasteiger partial charge in [0.15, 0.2) is 0 Å². The lowest BCUT2D eigenvalue weighted by Gasteiger charge is -2.14. The van der Waals surface area contributed by atoms with Crippen LogP contribution in [0, 0.1) is 6.92 Å². The van der Waals surface area contributed by atoms with Gasteiger partial charge in [-0.2, -0.15) is 5.10 Å². The van der Waals surface area contributed by atoms with Crippen molar-refractivity contribution in [3.05, 3.63) is 46.2 Å². The molecule has 4 nitrogen and oxygen atoms in total. The Morgan fingerprint density at radius 1 is 1.35 bits per heavy atom. The van der Waals surface area contributed by atoms with E-state index in [2.05, 4.69) is 29.5 Å². The van der Waals surface area contributed by atoms with Gasteiger partial charge in [0.1, 0.15) is 10.9 Å². The Balaban J connectivity index is 2.02. The summed E-state index contributed by atoms with van der Waals surface area (Å²) in [6, 6.07) is 8.30. The number of nitrogens with one attached hydrogen (secondary N) is 1. The van der Waals surface area contributed by atoms with E-state index in [0.717, 1.165) is 17.0 Å². The van der Waals surface area contributed by atoms with Crippen molar-refractivity contribution in [2.75, 3.05) is 7.11 Å². The number of rotatable bonds is 5. The second-order valence-electron chi connectivity index (χ2n) is 4.85. The van der Waals surface area contributed by atoms with Crippen molar-refractivity contribution in [1.82, 2.24) is 15.1 Å². The summed E-state index contributed by atoms with van der Waals surface area (Å²) in [5, 5.41) is 8.47. The fraction of sp³-hybridized carbons (Fsp3) is 0.400. The van der Waals surface area contributed by atoms with Gasteiger partial charge in [-0.1, -0.05) is 23.7 Å². The molecular formula is C15H20ClN3O. The van der Waals surface area contributed by atoms with E-state index in [1.54, 1.807) is 11.8 Å². The second-order valence-corrected chi connectivity index (χ2v) is 5.21. The van der Waals surface area contributed by atoms with Crippen molar-refractivity contribution in [3.8, 4) is 5.75 Å². The van der Waals surface area contributed by atoms with Gasteiger partial charge in [-0.05, 0) is 31.5 Å². The van der Waals surface area contributed by atoms with Gasteiger partial charge in [0.25, 0.3) is 0 Å². The molecule has 0 amide bonds. The summed E-state index contributed by atoms with van der Waals surface area (Å²) < 4.78 is 6.86. The lowest BCUT2D eigenvalue weighted by Crippen LogP contribution is -2.18. The fourth-order valence-corrected chi connectivity index (χ4v) is 2.38. The zero-order valence-electron chi connectivity index (χ0n) is 12.3. The van der Waals surface area contributed by atoms with E-state index in [4.69, 9.17) is 16.3 Å². The van der Waals surface area contributed by atoms with Gasteiger partial charge in [-0.25, -0.2) is 0 Å². The number of hydrogen-bond donors (Lipinski definition) is 1. The standard InChI is InChI=1S/C15H20ClN3O/c1-10(12-5-7-13(20-4)8-6-12)17-9-14-11(2)18-19(3)15(14)16/h5-8,10,17H,9H2,1-4H3/t10-/m1/s1. The summed E-state index contributed by atoms with van der Waals surface area (Å²) in [4.78, 5) is 0. The summed E-state index contributed by atoms with van der Waals surface area (Å²) >= 11 is 6.23. The van der Waals surface area contributed by atoms with Crippen molar-refractivity contribution in [1.29, 1.82) is 0 Å². The Labute approximate surface area is 124 Å². The van der Waals surface area contributed by atoms with Crippen LogP contribution >= 0.6 is 11.6 Å². The summed E-state index contributed by atoms with van der Waals surface area (Å²) in [5.74, 6) is 0.868. The fourth-order valence-electron chi connectivity index (χ4n) is 2.14. The van der Waals surface area contributed by atoms with Crippen LogP contribution in [0.5, 0.6) is 5.75 Å². The maximum Gasteiger partial charge on any atom is 0.131 e. The quantitative estimate of drug-likeness (QED) is 0.920. The first-order chi connectivity index (χ1) is 9.52. The van der Waals surface area contributed by atoms with E-state index < -0.39 is 0 Å². The molecule has 20 heavy (non-hydrogen) atoms. The van der Waals surface area contributed by atoms with E-state index in [1.165, 1.54) is 5.56 Å². The molecule has 1 aromatic carbocycles. The highest BCUT2D eigenvalue weighted by atomic mass is 35.5.